The van der Waals surface area contributed by atoms with Crippen molar-refractivity contribution in [3.05, 3.63) is 61.1 Å². The van der Waals surface area contributed by atoms with E-state index < -0.39 is 0 Å². The molecule has 0 aliphatic rings. The summed E-state index contributed by atoms with van der Waals surface area (Å²) in [7, 11) is 0. The highest BCUT2D eigenvalue weighted by Gasteiger charge is 1.96. The predicted molar refractivity (Wildman–Crippen MR) is 79.4 cm³/mol. The number of hydrogen-bond acceptors (Lipinski definition) is 4. The molecule has 5 heteroatoms. The fourth-order valence-corrected chi connectivity index (χ4v) is 1.30. The SMILES string of the molecule is C=C/C=C\C(=C)N=Cc1cc(OCCSF)ccn1. The topological polar surface area (TPSA) is 34.5 Å². The van der Waals surface area contributed by atoms with Crippen LogP contribution >= 0.6 is 12.1 Å². The summed E-state index contributed by atoms with van der Waals surface area (Å²) < 4.78 is 17.2. The Hall–Kier alpha value is -1.88. The third kappa shape index (κ3) is 6.57. The molecule has 0 amide bonds. The van der Waals surface area contributed by atoms with Crippen LogP contribution in [0.5, 0.6) is 5.75 Å². The first-order valence-electron chi connectivity index (χ1n) is 5.60. The van der Waals surface area contributed by atoms with Gasteiger partial charge in [0.1, 0.15) is 5.75 Å². The van der Waals surface area contributed by atoms with Crippen molar-refractivity contribution < 1.29 is 8.62 Å². The lowest BCUT2D eigenvalue weighted by atomic mass is 10.3. The second-order valence-electron chi connectivity index (χ2n) is 3.42. The molecular formula is C14H15FN2OS. The number of ether oxygens (including phenoxy) is 1. The molecule has 0 saturated heterocycles. The van der Waals surface area contributed by atoms with Gasteiger partial charge in [-0.15, -0.1) is 0 Å². The highest BCUT2D eigenvalue weighted by atomic mass is 32.2. The summed E-state index contributed by atoms with van der Waals surface area (Å²) in [5.41, 5.74) is 1.25. The molecule has 0 saturated carbocycles. The van der Waals surface area contributed by atoms with Crippen molar-refractivity contribution >= 4 is 18.4 Å². The van der Waals surface area contributed by atoms with E-state index in [1.807, 2.05) is 0 Å². The second-order valence-corrected chi connectivity index (χ2v) is 4.05. The van der Waals surface area contributed by atoms with Gasteiger partial charge < -0.3 is 4.74 Å². The van der Waals surface area contributed by atoms with Crippen LogP contribution in [0.4, 0.5) is 3.89 Å². The van der Waals surface area contributed by atoms with E-state index >= 15 is 0 Å². The molecule has 0 aliphatic carbocycles. The zero-order valence-corrected chi connectivity index (χ0v) is 11.3. The molecule has 0 radical (unpaired) electrons. The molecule has 1 aromatic rings. The average molecular weight is 278 g/mol. The van der Waals surface area contributed by atoms with Crippen LogP contribution in [-0.2, 0) is 0 Å². The normalized spacial score (nSPS) is 11.0. The van der Waals surface area contributed by atoms with Gasteiger partial charge >= 0.3 is 0 Å². The van der Waals surface area contributed by atoms with Gasteiger partial charge in [0, 0.05) is 24.4 Å². The highest BCUT2D eigenvalue weighted by Crippen LogP contribution is 2.11. The number of halogens is 1. The Morgan fingerprint density at radius 1 is 1.58 bits per heavy atom. The molecule has 0 spiro atoms. The minimum absolute atomic E-state index is 0.253. The summed E-state index contributed by atoms with van der Waals surface area (Å²) in [6.07, 6.45) is 8.34. The van der Waals surface area contributed by atoms with Crippen LogP contribution in [0.25, 0.3) is 0 Å². The second kappa shape index (κ2) is 9.10. The predicted octanol–water partition coefficient (Wildman–Crippen LogP) is 3.75. The maximum absolute atomic E-state index is 11.9. The summed E-state index contributed by atoms with van der Waals surface area (Å²) in [5.74, 6) is 0.937. The first kappa shape index (κ1) is 15.2. The van der Waals surface area contributed by atoms with E-state index in [9.17, 15) is 3.89 Å². The van der Waals surface area contributed by atoms with Crippen molar-refractivity contribution in [3.8, 4) is 5.75 Å². The molecule has 100 valence electrons. The lowest BCUT2D eigenvalue weighted by Crippen LogP contribution is -2.00. The summed E-state index contributed by atoms with van der Waals surface area (Å²) in [4.78, 5) is 8.26. The van der Waals surface area contributed by atoms with Crippen molar-refractivity contribution in [2.75, 3.05) is 12.4 Å². The quantitative estimate of drug-likeness (QED) is 0.412. The van der Waals surface area contributed by atoms with Gasteiger partial charge in [0.05, 0.1) is 30.0 Å². The molecule has 0 aliphatic heterocycles. The molecule has 0 unspecified atom stereocenters. The van der Waals surface area contributed by atoms with Crippen molar-refractivity contribution in [1.82, 2.24) is 4.98 Å². The van der Waals surface area contributed by atoms with Crippen LogP contribution in [0.3, 0.4) is 0 Å². The minimum Gasteiger partial charge on any atom is -0.492 e. The zero-order chi connectivity index (χ0) is 13.9. The van der Waals surface area contributed by atoms with Crippen LogP contribution in [0.1, 0.15) is 5.69 Å². The number of hydrogen-bond donors (Lipinski definition) is 0. The average Bonchev–Trinajstić information content (AvgIpc) is 2.44. The van der Waals surface area contributed by atoms with Crippen LogP contribution in [0.15, 0.2) is 60.4 Å². The molecule has 0 N–H and O–H groups in total. The Kier molecular flexibility index (Phi) is 7.27. The fourth-order valence-electron chi connectivity index (χ4n) is 1.15. The maximum atomic E-state index is 11.9. The number of pyridine rings is 1. The number of aromatic nitrogens is 1. The van der Waals surface area contributed by atoms with Crippen LogP contribution in [0, 0.1) is 0 Å². The monoisotopic (exact) mass is 278 g/mol. The van der Waals surface area contributed by atoms with Crippen LogP contribution in [0.2, 0.25) is 0 Å². The van der Waals surface area contributed by atoms with E-state index in [-0.39, 0.29) is 12.1 Å². The Balaban J connectivity index is 2.61. The summed E-state index contributed by atoms with van der Waals surface area (Å²) in [6.45, 7) is 7.63. The van der Waals surface area contributed by atoms with Crippen molar-refractivity contribution in [3.63, 3.8) is 0 Å². The third-order valence-corrected chi connectivity index (χ3v) is 2.29. The largest absolute Gasteiger partial charge is 0.492 e. The molecular weight excluding hydrogens is 263 g/mol. The van der Waals surface area contributed by atoms with Gasteiger partial charge in [0.25, 0.3) is 0 Å². The molecule has 0 bridgehead atoms. The van der Waals surface area contributed by atoms with Crippen molar-refractivity contribution in [2.24, 2.45) is 4.99 Å². The standard InChI is InChI=1S/C14H15FN2OS/c1-3-4-5-12(2)17-11-13-10-14(6-7-16-13)18-8-9-19-15/h3-7,10-11H,1-2,8-9H2/b5-4-,17-11?. The number of aliphatic imine (C=N–C) groups is 1. The first-order valence-corrected chi connectivity index (χ1v) is 6.49. The van der Waals surface area contributed by atoms with E-state index in [1.54, 1.807) is 42.8 Å². The molecule has 1 rings (SSSR count). The Morgan fingerprint density at radius 3 is 3.16 bits per heavy atom. The van der Waals surface area contributed by atoms with Crippen LogP contribution in [-0.4, -0.2) is 23.6 Å². The van der Waals surface area contributed by atoms with Crippen molar-refractivity contribution in [1.29, 1.82) is 0 Å². The lowest BCUT2D eigenvalue weighted by molar-refractivity contribution is 0.343. The minimum atomic E-state index is 0.253. The van der Waals surface area contributed by atoms with E-state index in [4.69, 9.17) is 4.74 Å². The van der Waals surface area contributed by atoms with Gasteiger partial charge in [-0.3, -0.25) is 9.98 Å². The van der Waals surface area contributed by atoms with E-state index in [2.05, 4.69) is 23.1 Å². The molecule has 0 fully saturated rings. The fraction of sp³-hybridized carbons (Fsp3) is 0.143. The Morgan fingerprint density at radius 2 is 2.42 bits per heavy atom. The number of rotatable bonds is 8. The highest BCUT2D eigenvalue weighted by molar-refractivity contribution is 7.94. The lowest BCUT2D eigenvalue weighted by Gasteiger charge is -2.04. The van der Waals surface area contributed by atoms with E-state index in [0.29, 0.717) is 29.5 Å². The van der Waals surface area contributed by atoms with E-state index in [0.717, 1.165) is 0 Å². The number of nitrogens with zero attached hydrogens (tertiary/aromatic N) is 2. The Labute approximate surface area is 116 Å². The van der Waals surface area contributed by atoms with E-state index in [1.165, 1.54) is 0 Å². The van der Waals surface area contributed by atoms with Gasteiger partial charge in [0.15, 0.2) is 0 Å². The molecule has 1 aromatic heterocycles. The van der Waals surface area contributed by atoms with Gasteiger partial charge in [-0.2, -0.15) is 3.89 Å². The van der Waals surface area contributed by atoms with Gasteiger partial charge in [0.2, 0.25) is 0 Å². The summed E-state index contributed by atoms with van der Waals surface area (Å²) >= 11 is 0.253. The molecule has 19 heavy (non-hydrogen) atoms. The molecule has 0 aromatic carbocycles. The van der Waals surface area contributed by atoms with Gasteiger partial charge in [-0.1, -0.05) is 25.3 Å². The molecule has 1 heterocycles. The third-order valence-electron chi connectivity index (χ3n) is 1.97. The molecule has 0 atom stereocenters. The molecule has 3 nitrogen and oxygen atoms in total. The summed E-state index contributed by atoms with van der Waals surface area (Å²) in [6, 6.07) is 3.45. The van der Waals surface area contributed by atoms with Crippen LogP contribution < -0.4 is 4.74 Å². The zero-order valence-electron chi connectivity index (χ0n) is 10.5. The Bertz CT molecular complexity index is 486. The summed E-state index contributed by atoms with van der Waals surface area (Å²) in [5, 5.41) is 0. The van der Waals surface area contributed by atoms with Crippen molar-refractivity contribution in [2.45, 2.75) is 0 Å². The van der Waals surface area contributed by atoms with Gasteiger partial charge in [-0.25, -0.2) is 0 Å². The smallest absolute Gasteiger partial charge is 0.123 e. The first-order chi connectivity index (χ1) is 9.26. The maximum Gasteiger partial charge on any atom is 0.123 e. The number of allylic oxidation sites excluding steroid dienone is 3. The van der Waals surface area contributed by atoms with Gasteiger partial charge in [-0.05, 0) is 12.1 Å².